The summed E-state index contributed by atoms with van der Waals surface area (Å²) in [6.07, 6.45) is 0. The van der Waals surface area contributed by atoms with Gasteiger partial charge < -0.3 is 15.8 Å². The zero-order valence-electron chi connectivity index (χ0n) is 12.5. The van der Waals surface area contributed by atoms with Crippen molar-refractivity contribution in [1.82, 2.24) is 10.3 Å². The lowest BCUT2D eigenvalue weighted by Gasteiger charge is -2.05. The molecule has 5 nitrogen and oxygen atoms in total. The summed E-state index contributed by atoms with van der Waals surface area (Å²) in [6.45, 7) is 0.318. The Morgan fingerprint density at radius 1 is 1.17 bits per heavy atom. The van der Waals surface area contributed by atoms with Crippen molar-refractivity contribution in [2.75, 3.05) is 5.73 Å². The van der Waals surface area contributed by atoms with Crippen LogP contribution in [0.25, 0.3) is 0 Å². The van der Waals surface area contributed by atoms with Gasteiger partial charge in [0.05, 0.1) is 12.1 Å². The molecule has 0 aliphatic carbocycles. The number of aromatic nitrogens is 1. The number of nitrogens with two attached hydrogens (primary N) is 1. The maximum atomic E-state index is 12.9. The van der Waals surface area contributed by atoms with Gasteiger partial charge in [0, 0.05) is 4.88 Å². The summed E-state index contributed by atoms with van der Waals surface area (Å²) >= 11 is 1.43. The number of hydrogen-bond acceptors (Lipinski definition) is 5. The minimum absolute atomic E-state index is 0.133. The highest BCUT2D eigenvalue weighted by molar-refractivity contribution is 7.13. The van der Waals surface area contributed by atoms with Gasteiger partial charge in [-0.05, 0) is 36.4 Å². The second kappa shape index (κ2) is 7.10. The van der Waals surface area contributed by atoms with Crippen molar-refractivity contribution < 1.29 is 13.9 Å². The van der Waals surface area contributed by atoms with Crippen molar-refractivity contribution >= 4 is 23.1 Å². The Labute approximate surface area is 141 Å². The van der Waals surface area contributed by atoms with Crippen molar-refractivity contribution in [3.05, 3.63) is 71.0 Å². The zero-order chi connectivity index (χ0) is 16.9. The number of thiophene rings is 1. The third kappa shape index (κ3) is 3.88. The number of ether oxygens (including phenoxy) is 1. The van der Waals surface area contributed by atoms with Crippen LogP contribution in [0.3, 0.4) is 0 Å². The Kier molecular flexibility index (Phi) is 4.72. The van der Waals surface area contributed by atoms with Gasteiger partial charge in [-0.3, -0.25) is 4.79 Å². The number of nitrogens with zero attached hydrogens (tertiary/aromatic N) is 1. The van der Waals surface area contributed by atoms with E-state index in [1.165, 1.54) is 17.4 Å². The van der Waals surface area contributed by atoms with Crippen molar-refractivity contribution in [3.8, 4) is 10.8 Å². The number of nitrogens with one attached hydrogen (secondary N) is 1. The summed E-state index contributed by atoms with van der Waals surface area (Å²) in [7, 11) is 0. The molecule has 7 heteroatoms. The monoisotopic (exact) mass is 343 g/mol. The average Bonchev–Trinajstić information content (AvgIpc) is 3.01. The van der Waals surface area contributed by atoms with Crippen LogP contribution in [0.2, 0.25) is 0 Å². The first kappa shape index (κ1) is 15.9. The molecule has 0 fully saturated rings. The van der Waals surface area contributed by atoms with E-state index in [0.29, 0.717) is 6.54 Å². The molecule has 0 unspecified atom stereocenters. The Bertz CT molecular complexity index is 852. The molecule has 0 radical (unpaired) electrons. The molecule has 1 aromatic carbocycles. The third-order valence-electron chi connectivity index (χ3n) is 3.16. The molecular formula is C17H14FN3O2S. The van der Waals surface area contributed by atoms with Crippen LogP contribution in [0.5, 0.6) is 10.8 Å². The fourth-order valence-corrected chi connectivity index (χ4v) is 2.83. The molecule has 3 rings (SSSR count). The molecule has 2 heterocycles. The molecule has 1 amide bonds. The van der Waals surface area contributed by atoms with E-state index in [0.717, 1.165) is 21.8 Å². The van der Waals surface area contributed by atoms with Gasteiger partial charge in [-0.25, -0.2) is 4.98 Å². The maximum Gasteiger partial charge on any atom is 0.255 e. The largest absolute Gasteiger partial charge is 0.447 e. The van der Waals surface area contributed by atoms with E-state index in [-0.39, 0.29) is 11.4 Å². The van der Waals surface area contributed by atoms with Gasteiger partial charge in [0.2, 0.25) is 5.95 Å². The van der Waals surface area contributed by atoms with E-state index in [4.69, 9.17) is 10.5 Å². The first-order valence-corrected chi connectivity index (χ1v) is 7.95. The van der Waals surface area contributed by atoms with Crippen LogP contribution in [0.1, 0.15) is 15.2 Å². The van der Waals surface area contributed by atoms with E-state index in [1.54, 1.807) is 0 Å². The summed E-state index contributed by atoms with van der Waals surface area (Å²) in [5, 5.41) is 3.46. The topological polar surface area (TPSA) is 77.2 Å². The average molecular weight is 343 g/mol. The maximum absolute atomic E-state index is 12.9. The second-order valence-electron chi connectivity index (χ2n) is 4.89. The standard InChI is InChI=1S/C17H14FN3O2S/c18-14-8-7-13(16(19)21-14)17(22)20-10-12-6-9-15(24-12)23-11-4-2-1-3-5-11/h1-9H,10H2,(H2,19,21)(H,20,22). The quantitative estimate of drug-likeness (QED) is 0.694. The molecule has 3 aromatic rings. The molecule has 0 aliphatic rings. The molecule has 0 aliphatic heterocycles. The van der Waals surface area contributed by atoms with Crippen molar-refractivity contribution in [3.63, 3.8) is 0 Å². The Morgan fingerprint density at radius 2 is 1.96 bits per heavy atom. The summed E-state index contributed by atoms with van der Waals surface area (Å²) < 4.78 is 18.6. The number of nitrogen functional groups attached to an aromatic ring is 1. The number of halogens is 1. The Hall–Kier alpha value is -2.93. The number of rotatable bonds is 5. The highest BCUT2D eigenvalue weighted by atomic mass is 32.1. The van der Waals surface area contributed by atoms with Crippen molar-refractivity contribution in [2.24, 2.45) is 0 Å². The van der Waals surface area contributed by atoms with E-state index >= 15 is 0 Å². The van der Waals surface area contributed by atoms with Crippen LogP contribution in [-0.2, 0) is 6.54 Å². The molecule has 0 saturated carbocycles. The van der Waals surface area contributed by atoms with Gasteiger partial charge in [0.15, 0.2) is 5.06 Å². The lowest BCUT2D eigenvalue weighted by atomic mass is 10.2. The molecule has 122 valence electrons. The minimum Gasteiger partial charge on any atom is -0.447 e. The van der Waals surface area contributed by atoms with Gasteiger partial charge in [-0.15, -0.1) is 11.3 Å². The normalized spacial score (nSPS) is 10.4. The number of pyridine rings is 1. The van der Waals surface area contributed by atoms with Crippen LogP contribution < -0.4 is 15.8 Å². The Morgan fingerprint density at radius 3 is 2.71 bits per heavy atom. The van der Waals surface area contributed by atoms with Crippen LogP contribution in [-0.4, -0.2) is 10.9 Å². The number of carbonyl (C=O) groups excluding carboxylic acids is 1. The van der Waals surface area contributed by atoms with Crippen LogP contribution in [0.15, 0.2) is 54.6 Å². The molecule has 3 N–H and O–H groups in total. The molecule has 0 saturated heterocycles. The van der Waals surface area contributed by atoms with E-state index in [9.17, 15) is 9.18 Å². The predicted molar refractivity (Wildman–Crippen MR) is 90.6 cm³/mol. The Balaban J connectivity index is 1.60. The summed E-state index contributed by atoms with van der Waals surface area (Å²) in [4.78, 5) is 16.4. The smallest absolute Gasteiger partial charge is 0.255 e. The zero-order valence-corrected chi connectivity index (χ0v) is 13.3. The first-order chi connectivity index (χ1) is 11.6. The molecule has 2 aromatic heterocycles. The fraction of sp³-hybridized carbons (Fsp3) is 0.0588. The van der Waals surface area contributed by atoms with Gasteiger partial charge in [-0.2, -0.15) is 4.39 Å². The number of benzene rings is 1. The summed E-state index contributed by atoms with van der Waals surface area (Å²) in [5.74, 6) is -0.504. The fourth-order valence-electron chi connectivity index (χ4n) is 2.02. The molecule has 0 bridgehead atoms. The lowest BCUT2D eigenvalue weighted by Crippen LogP contribution is -2.23. The molecular weight excluding hydrogens is 329 g/mol. The van der Waals surface area contributed by atoms with Gasteiger partial charge in [0.1, 0.15) is 11.6 Å². The molecule has 0 atom stereocenters. The highest BCUT2D eigenvalue weighted by Gasteiger charge is 2.12. The highest BCUT2D eigenvalue weighted by Crippen LogP contribution is 2.29. The van der Waals surface area contributed by atoms with Gasteiger partial charge in [0.25, 0.3) is 5.91 Å². The molecule has 0 spiro atoms. The van der Waals surface area contributed by atoms with Crippen molar-refractivity contribution in [2.45, 2.75) is 6.54 Å². The number of hydrogen-bond donors (Lipinski definition) is 2. The number of para-hydroxylation sites is 1. The molecule has 24 heavy (non-hydrogen) atoms. The SMILES string of the molecule is Nc1nc(F)ccc1C(=O)NCc1ccc(Oc2ccccc2)s1. The van der Waals surface area contributed by atoms with Crippen molar-refractivity contribution in [1.29, 1.82) is 0 Å². The van der Waals surface area contributed by atoms with E-state index in [1.807, 2.05) is 42.5 Å². The van der Waals surface area contributed by atoms with Gasteiger partial charge in [-0.1, -0.05) is 18.2 Å². The summed E-state index contributed by atoms with van der Waals surface area (Å²) in [6, 6.07) is 15.6. The summed E-state index contributed by atoms with van der Waals surface area (Å²) in [5.41, 5.74) is 5.70. The van der Waals surface area contributed by atoms with Crippen LogP contribution in [0, 0.1) is 5.95 Å². The second-order valence-corrected chi connectivity index (χ2v) is 6.02. The van der Waals surface area contributed by atoms with E-state index < -0.39 is 11.9 Å². The number of anilines is 1. The number of amides is 1. The predicted octanol–water partition coefficient (Wildman–Crippen LogP) is 3.59. The van der Waals surface area contributed by atoms with E-state index in [2.05, 4.69) is 10.3 Å². The first-order valence-electron chi connectivity index (χ1n) is 7.13. The lowest BCUT2D eigenvalue weighted by molar-refractivity contribution is 0.0952. The number of carbonyl (C=O) groups is 1. The van der Waals surface area contributed by atoms with Gasteiger partial charge >= 0.3 is 0 Å². The van der Waals surface area contributed by atoms with Crippen LogP contribution >= 0.6 is 11.3 Å². The van der Waals surface area contributed by atoms with Crippen LogP contribution in [0.4, 0.5) is 10.2 Å². The minimum atomic E-state index is -0.718. The third-order valence-corrected chi connectivity index (χ3v) is 4.12.